The van der Waals surface area contributed by atoms with Gasteiger partial charge in [-0.05, 0) is 37.3 Å². The van der Waals surface area contributed by atoms with Gasteiger partial charge in [-0.3, -0.25) is 4.72 Å². The normalized spacial score (nSPS) is 11.2. The van der Waals surface area contributed by atoms with Crippen molar-refractivity contribution in [3.63, 3.8) is 0 Å². The summed E-state index contributed by atoms with van der Waals surface area (Å²) in [4.78, 5) is 8.44. The van der Waals surface area contributed by atoms with E-state index in [1.165, 1.54) is 12.1 Å². The van der Waals surface area contributed by atoms with Crippen molar-refractivity contribution in [3.8, 4) is 11.3 Å². The van der Waals surface area contributed by atoms with Gasteiger partial charge in [-0.15, -0.1) is 0 Å². The number of halogens is 1. The molecule has 0 saturated carbocycles. The molecule has 0 amide bonds. The van der Waals surface area contributed by atoms with Gasteiger partial charge < -0.3 is 0 Å². The molecule has 7 heteroatoms. The van der Waals surface area contributed by atoms with Crippen LogP contribution >= 0.6 is 11.6 Å². The topological polar surface area (TPSA) is 72.0 Å². The molecule has 0 bridgehead atoms. The predicted molar refractivity (Wildman–Crippen MR) is 94.5 cm³/mol. The van der Waals surface area contributed by atoms with Crippen LogP contribution in [0.15, 0.2) is 65.7 Å². The molecule has 3 aromatic rings. The summed E-state index contributed by atoms with van der Waals surface area (Å²) in [5, 5.41) is 0.174. The third kappa shape index (κ3) is 3.55. The van der Waals surface area contributed by atoms with Crippen LogP contribution < -0.4 is 4.72 Å². The van der Waals surface area contributed by atoms with Crippen LogP contribution in [-0.4, -0.2) is 18.4 Å². The highest BCUT2D eigenvalue weighted by Crippen LogP contribution is 2.25. The van der Waals surface area contributed by atoms with Crippen molar-refractivity contribution in [2.45, 2.75) is 11.8 Å². The minimum Gasteiger partial charge on any atom is -0.280 e. The van der Waals surface area contributed by atoms with Crippen molar-refractivity contribution >= 4 is 27.3 Å². The second-order valence-electron chi connectivity index (χ2n) is 5.11. The highest BCUT2D eigenvalue weighted by atomic mass is 35.5. The van der Waals surface area contributed by atoms with Crippen molar-refractivity contribution in [2.24, 2.45) is 0 Å². The van der Waals surface area contributed by atoms with Gasteiger partial charge >= 0.3 is 0 Å². The standard InChI is InChI=1S/C17H14ClN3O2S/c1-12-19-10-9-16(20-12)13-5-4-6-14(11-13)21-24(22,23)17-8-3-2-7-15(17)18/h2-11,21H,1H3. The molecule has 0 saturated heterocycles. The van der Waals surface area contributed by atoms with Crippen molar-refractivity contribution in [3.05, 3.63) is 71.6 Å². The van der Waals surface area contributed by atoms with Crippen molar-refractivity contribution < 1.29 is 8.42 Å². The third-order valence-corrected chi connectivity index (χ3v) is 5.19. The van der Waals surface area contributed by atoms with E-state index in [9.17, 15) is 8.42 Å². The Bertz CT molecular complexity index is 990. The minimum atomic E-state index is -3.77. The molecule has 122 valence electrons. The summed E-state index contributed by atoms with van der Waals surface area (Å²) in [6, 6.07) is 15.1. The van der Waals surface area contributed by atoms with Crippen LogP contribution in [0.4, 0.5) is 5.69 Å². The van der Waals surface area contributed by atoms with E-state index in [1.54, 1.807) is 49.5 Å². The Morgan fingerprint density at radius 3 is 2.58 bits per heavy atom. The monoisotopic (exact) mass is 359 g/mol. The van der Waals surface area contributed by atoms with Crippen molar-refractivity contribution in [1.29, 1.82) is 0 Å². The maximum Gasteiger partial charge on any atom is 0.263 e. The van der Waals surface area contributed by atoms with Crippen molar-refractivity contribution in [2.75, 3.05) is 4.72 Å². The average Bonchev–Trinajstić information content (AvgIpc) is 2.55. The van der Waals surface area contributed by atoms with E-state index in [1.807, 2.05) is 6.07 Å². The maximum absolute atomic E-state index is 12.5. The molecule has 0 radical (unpaired) electrons. The summed E-state index contributed by atoms with van der Waals surface area (Å²) < 4.78 is 27.6. The van der Waals surface area contributed by atoms with Gasteiger partial charge in [-0.2, -0.15) is 0 Å². The molecule has 0 atom stereocenters. The molecule has 1 heterocycles. The summed E-state index contributed by atoms with van der Waals surface area (Å²) in [6.45, 7) is 1.80. The fourth-order valence-electron chi connectivity index (χ4n) is 2.23. The summed E-state index contributed by atoms with van der Waals surface area (Å²) >= 11 is 5.98. The average molecular weight is 360 g/mol. The SMILES string of the molecule is Cc1nccc(-c2cccc(NS(=O)(=O)c3ccccc3Cl)c2)n1. The molecule has 2 aromatic carbocycles. The number of rotatable bonds is 4. The smallest absolute Gasteiger partial charge is 0.263 e. The van der Waals surface area contributed by atoms with E-state index >= 15 is 0 Å². The van der Waals surface area contributed by atoms with Crippen LogP contribution in [0.2, 0.25) is 5.02 Å². The van der Waals surface area contributed by atoms with Gasteiger partial charge in [-0.1, -0.05) is 35.9 Å². The van der Waals surface area contributed by atoms with Crippen LogP contribution in [-0.2, 0) is 10.0 Å². The van der Waals surface area contributed by atoms with Crippen LogP contribution in [0.3, 0.4) is 0 Å². The lowest BCUT2D eigenvalue weighted by Gasteiger charge is -2.10. The van der Waals surface area contributed by atoms with Gasteiger partial charge in [-0.25, -0.2) is 18.4 Å². The van der Waals surface area contributed by atoms with E-state index in [0.717, 1.165) is 11.3 Å². The molecule has 0 unspecified atom stereocenters. The lowest BCUT2D eigenvalue weighted by molar-refractivity contribution is 0.601. The molecule has 24 heavy (non-hydrogen) atoms. The quantitative estimate of drug-likeness (QED) is 0.766. The molecule has 0 aliphatic carbocycles. The zero-order valence-corrected chi connectivity index (χ0v) is 14.3. The first-order valence-electron chi connectivity index (χ1n) is 7.13. The Hall–Kier alpha value is -2.44. The van der Waals surface area contributed by atoms with Gasteiger partial charge in [0.05, 0.1) is 10.7 Å². The second-order valence-corrected chi connectivity index (χ2v) is 7.16. The van der Waals surface area contributed by atoms with Crippen LogP contribution in [0.5, 0.6) is 0 Å². The largest absolute Gasteiger partial charge is 0.280 e. The molecular weight excluding hydrogens is 346 g/mol. The predicted octanol–water partition coefficient (Wildman–Crippen LogP) is 3.91. The third-order valence-electron chi connectivity index (χ3n) is 3.31. The van der Waals surface area contributed by atoms with Crippen molar-refractivity contribution in [1.82, 2.24) is 9.97 Å². The zero-order valence-electron chi connectivity index (χ0n) is 12.8. The number of sulfonamides is 1. The minimum absolute atomic E-state index is 0.0370. The number of benzene rings is 2. The number of aryl methyl sites for hydroxylation is 1. The fraction of sp³-hybridized carbons (Fsp3) is 0.0588. The summed E-state index contributed by atoms with van der Waals surface area (Å²) in [7, 11) is -3.77. The first-order chi connectivity index (χ1) is 11.5. The Kier molecular flexibility index (Phi) is 4.51. The van der Waals surface area contributed by atoms with E-state index in [0.29, 0.717) is 11.5 Å². The Morgan fingerprint density at radius 1 is 1.04 bits per heavy atom. The Balaban J connectivity index is 1.94. The molecule has 1 aromatic heterocycles. The number of hydrogen-bond donors (Lipinski definition) is 1. The number of nitrogens with zero attached hydrogens (tertiary/aromatic N) is 2. The lowest BCUT2D eigenvalue weighted by Crippen LogP contribution is -2.13. The van der Waals surface area contributed by atoms with Gasteiger partial charge in [0.1, 0.15) is 10.7 Å². The van der Waals surface area contributed by atoms with Gasteiger partial charge in [0.2, 0.25) is 0 Å². The van der Waals surface area contributed by atoms with E-state index in [-0.39, 0.29) is 9.92 Å². The number of nitrogens with one attached hydrogen (secondary N) is 1. The maximum atomic E-state index is 12.5. The summed E-state index contributed by atoms with van der Waals surface area (Å²) in [6.07, 6.45) is 1.66. The number of aromatic nitrogens is 2. The molecule has 0 aliphatic heterocycles. The van der Waals surface area contributed by atoms with E-state index in [4.69, 9.17) is 11.6 Å². The van der Waals surface area contributed by atoms with Crippen LogP contribution in [0, 0.1) is 6.92 Å². The van der Waals surface area contributed by atoms with Gasteiger partial charge in [0.15, 0.2) is 0 Å². The lowest BCUT2D eigenvalue weighted by atomic mass is 10.1. The fourth-order valence-corrected chi connectivity index (χ4v) is 3.80. The molecular formula is C17H14ClN3O2S. The molecule has 5 nitrogen and oxygen atoms in total. The summed E-state index contributed by atoms with van der Waals surface area (Å²) in [5.74, 6) is 0.648. The molecule has 1 N–H and O–H groups in total. The van der Waals surface area contributed by atoms with E-state index < -0.39 is 10.0 Å². The molecule has 0 fully saturated rings. The molecule has 0 aliphatic rings. The molecule has 0 spiro atoms. The highest BCUT2D eigenvalue weighted by molar-refractivity contribution is 7.92. The first-order valence-corrected chi connectivity index (χ1v) is 8.99. The Labute approximate surface area is 145 Å². The van der Waals surface area contributed by atoms with E-state index in [2.05, 4.69) is 14.7 Å². The first kappa shape index (κ1) is 16.4. The molecule has 3 rings (SSSR count). The van der Waals surface area contributed by atoms with Gasteiger partial charge in [0.25, 0.3) is 10.0 Å². The Morgan fingerprint density at radius 2 is 1.83 bits per heavy atom. The van der Waals surface area contributed by atoms with Crippen LogP contribution in [0.1, 0.15) is 5.82 Å². The van der Waals surface area contributed by atoms with Crippen LogP contribution in [0.25, 0.3) is 11.3 Å². The second kappa shape index (κ2) is 6.59. The highest BCUT2D eigenvalue weighted by Gasteiger charge is 2.17. The number of anilines is 1. The summed E-state index contributed by atoms with van der Waals surface area (Å²) in [5.41, 5.74) is 1.95. The number of hydrogen-bond acceptors (Lipinski definition) is 4. The zero-order chi connectivity index (χ0) is 17.2. The van der Waals surface area contributed by atoms with Gasteiger partial charge in [0, 0.05) is 17.4 Å².